The smallest absolute Gasteiger partial charge is 0.373 e. The number of hydrogen-bond donors (Lipinski definition) is 0. The molecule has 1 fully saturated rings. The monoisotopic (exact) mass is 343 g/mol. The molecule has 9 heteroatoms. The standard InChI is InChI=1S/C15H21NO8/c1-3-4-9-22-13(19)7-8-14(20)23-10(2)15(21)24-16-11(17)5-6-12(16)18/h10H,3-9H2,1-2H3/t10-/m0/s1. The van der Waals surface area contributed by atoms with Crippen LogP contribution >= 0.6 is 0 Å². The van der Waals surface area contributed by atoms with Crippen LogP contribution in [0.5, 0.6) is 0 Å². The Hall–Kier alpha value is -2.45. The molecule has 0 aromatic heterocycles. The Morgan fingerprint density at radius 2 is 1.67 bits per heavy atom. The van der Waals surface area contributed by atoms with Gasteiger partial charge in [-0.1, -0.05) is 13.3 Å². The van der Waals surface area contributed by atoms with Crippen molar-refractivity contribution in [3.8, 4) is 0 Å². The van der Waals surface area contributed by atoms with Crippen molar-refractivity contribution < 1.29 is 38.3 Å². The average Bonchev–Trinajstić information content (AvgIpc) is 2.85. The van der Waals surface area contributed by atoms with Gasteiger partial charge in [-0.2, -0.15) is 0 Å². The first-order valence-corrected chi connectivity index (χ1v) is 7.77. The van der Waals surface area contributed by atoms with Crippen molar-refractivity contribution in [3.63, 3.8) is 0 Å². The van der Waals surface area contributed by atoms with E-state index >= 15 is 0 Å². The SMILES string of the molecule is CCCCOC(=O)CCC(=O)O[C@@H](C)C(=O)ON1C(=O)CCC1=O. The summed E-state index contributed by atoms with van der Waals surface area (Å²) in [6.45, 7) is 3.49. The molecule has 1 aliphatic rings. The molecule has 1 saturated heterocycles. The molecule has 1 atom stereocenters. The van der Waals surface area contributed by atoms with Crippen LogP contribution < -0.4 is 0 Å². The summed E-state index contributed by atoms with van der Waals surface area (Å²) in [7, 11) is 0. The fourth-order valence-electron chi connectivity index (χ4n) is 1.73. The molecular formula is C15H21NO8. The fourth-order valence-corrected chi connectivity index (χ4v) is 1.73. The van der Waals surface area contributed by atoms with Crippen molar-refractivity contribution in [2.45, 2.75) is 58.5 Å². The van der Waals surface area contributed by atoms with Crippen LogP contribution in [-0.4, -0.2) is 47.5 Å². The number of hydroxylamine groups is 2. The Kier molecular flexibility index (Phi) is 7.87. The Balaban J connectivity index is 2.30. The van der Waals surface area contributed by atoms with Gasteiger partial charge in [-0.3, -0.25) is 19.2 Å². The second kappa shape index (κ2) is 9.64. The zero-order valence-electron chi connectivity index (χ0n) is 13.7. The highest BCUT2D eigenvalue weighted by atomic mass is 16.7. The van der Waals surface area contributed by atoms with Crippen molar-refractivity contribution in [1.82, 2.24) is 5.06 Å². The summed E-state index contributed by atoms with van der Waals surface area (Å²) >= 11 is 0. The molecule has 0 aromatic rings. The van der Waals surface area contributed by atoms with E-state index in [4.69, 9.17) is 9.47 Å². The van der Waals surface area contributed by atoms with E-state index in [1.807, 2.05) is 6.92 Å². The number of unbranched alkanes of at least 4 members (excludes halogenated alkanes) is 1. The third kappa shape index (κ3) is 6.35. The van der Waals surface area contributed by atoms with E-state index in [0.717, 1.165) is 12.8 Å². The molecule has 0 radical (unpaired) electrons. The van der Waals surface area contributed by atoms with Crippen molar-refractivity contribution in [2.24, 2.45) is 0 Å². The van der Waals surface area contributed by atoms with Gasteiger partial charge >= 0.3 is 17.9 Å². The number of carbonyl (C=O) groups is 5. The Morgan fingerprint density at radius 3 is 2.25 bits per heavy atom. The number of ether oxygens (including phenoxy) is 2. The zero-order valence-corrected chi connectivity index (χ0v) is 13.7. The van der Waals surface area contributed by atoms with Gasteiger partial charge in [0.2, 0.25) is 0 Å². The Bertz CT molecular complexity index is 500. The van der Waals surface area contributed by atoms with Gasteiger partial charge in [0.1, 0.15) is 0 Å². The van der Waals surface area contributed by atoms with Crippen molar-refractivity contribution >= 4 is 29.7 Å². The van der Waals surface area contributed by atoms with Gasteiger partial charge in [-0.15, -0.1) is 5.06 Å². The highest BCUT2D eigenvalue weighted by Gasteiger charge is 2.34. The highest BCUT2D eigenvalue weighted by Crippen LogP contribution is 2.13. The number of amides is 2. The summed E-state index contributed by atoms with van der Waals surface area (Å²) in [6, 6.07) is 0. The first-order chi connectivity index (χ1) is 11.3. The van der Waals surface area contributed by atoms with Crippen LogP contribution in [0.2, 0.25) is 0 Å². The van der Waals surface area contributed by atoms with Crippen LogP contribution in [0, 0.1) is 0 Å². The number of rotatable bonds is 9. The summed E-state index contributed by atoms with van der Waals surface area (Å²) in [5.41, 5.74) is 0. The van der Waals surface area contributed by atoms with E-state index in [0.29, 0.717) is 11.7 Å². The molecule has 0 unspecified atom stereocenters. The lowest BCUT2D eigenvalue weighted by Crippen LogP contribution is -2.37. The van der Waals surface area contributed by atoms with Gasteiger partial charge < -0.3 is 14.3 Å². The van der Waals surface area contributed by atoms with Gasteiger partial charge in [0, 0.05) is 12.8 Å². The van der Waals surface area contributed by atoms with E-state index in [9.17, 15) is 24.0 Å². The number of hydrogen-bond acceptors (Lipinski definition) is 8. The normalized spacial score (nSPS) is 15.2. The summed E-state index contributed by atoms with van der Waals surface area (Å²) in [4.78, 5) is 61.9. The minimum absolute atomic E-state index is 0.0274. The molecule has 9 nitrogen and oxygen atoms in total. The maximum absolute atomic E-state index is 11.7. The molecular weight excluding hydrogens is 322 g/mol. The summed E-state index contributed by atoms with van der Waals surface area (Å²) in [5, 5.41) is 0.373. The topological polar surface area (TPSA) is 116 Å². The summed E-state index contributed by atoms with van der Waals surface area (Å²) in [6.07, 6.45) is -0.141. The van der Waals surface area contributed by atoms with Gasteiger partial charge in [-0.25, -0.2) is 4.79 Å². The molecule has 1 aliphatic heterocycles. The maximum Gasteiger partial charge on any atom is 0.373 e. The Morgan fingerprint density at radius 1 is 1.08 bits per heavy atom. The molecule has 0 saturated carbocycles. The van der Waals surface area contributed by atoms with Crippen molar-refractivity contribution in [3.05, 3.63) is 0 Å². The molecule has 0 spiro atoms. The van der Waals surface area contributed by atoms with Crippen LogP contribution in [0.15, 0.2) is 0 Å². The third-order valence-corrected chi connectivity index (χ3v) is 3.12. The minimum Gasteiger partial charge on any atom is -0.466 e. The van der Waals surface area contributed by atoms with Crippen LogP contribution in [0.3, 0.4) is 0 Å². The first-order valence-electron chi connectivity index (χ1n) is 7.77. The second-order valence-corrected chi connectivity index (χ2v) is 5.20. The number of imide groups is 1. The number of nitrogens with zero attached hydrogens (tertiary/aromatic N) is 1. The fraction of sp³-hybridized carbons (Fsp3) is 0.667. The van der Waals surface area contributed by atoms with Crippen LogP contribution in [0.1, 0.15) is 52.4 Å². The van der Waals surface area contributed by atoms with Gasteiger partial charge in [0.05, 0.1) is 19.4 Å². The lowest BCUT2D eigenvalue weighted by atomic mass is 10.3. The van der Waals surface area contributed by atoms with E-state index in [2.05, 4.69) is 4.84 Å². The first kappa shape index (κ1) is 19.6. The molecule has 2 amide bonds. The minimum atomic E-state index is -1.31. The number of carbonyl (C=O) groups excluding carboxylic acids is 5. The Labute approximate surface area is 139 Å². The third-order valence-electron chi connectivity index (χ3n) is 3.12. The quantitative estimate of drug-likeness (QED) is 0.340. The molecule has 134 valence electrons. The van der Waals surface area contributed by atoms with Gasteiger partial charge in [0.15, 0.2) is 6.10 Å². The van der Waals surface area contributed by atoms with Crippen LogP contribution in [-0.2, 0) is 38.3 Å². The molecule has 0 N–H and O–H groups in total. The van der Waals surface area contributed by atoms with E-state index in [1.54, 1.807) is 0 Å². The van der Waals surface area contributed by atoms with Gasteiger partial charge in [0.25, 0.3) is 11.8 Å². The molecule has 0 aliphatic carbocycles. The molecule has 0 aromatic carbocycles. The van der Waals surface area contributed by atoms with Crippen LogP contribution in [0.4, 0.5) is 0 Å². The van der Waals surface area contributed by atoms with Gasteiger partial charge in [-0.05, 0) is 13.3 Å². The average molecular weight is 343 g/mol. The predicted molar refractivity (Wildman–Crippen MR) is 77.8 cm³/mol. The number of esters is 2. The molecule has 1 heterocycles. The van der Waals surface area contributed by atoms with Crippen molar-refractivity contribution in [2.75, 3.05) is 6.61 Å². The van der Waals surface area contributed by atoms with E-state index in [-0.39, 0.29) is 25.7 Å². The largest absolute Gasteiger partial charge is 0.466 e. The zero-order chi connectivity index (χ0) is 18.1. The lowest BCUT2D eigenvalue weighted by Gasteiger charge is -2.16. The lowest BCUT2D eigenvalue weighted by molar-refractivity contribution is -0.205. The predicted octanol–water partition coefficient (Wildman–Crippen LogP) is 0.649. The molecule has 1 rings (SSSR count). The second-order valence-electron chi connectivity index (χ2n) is 5.20. The maximum atomic E-state index is 11.7. The summed E-state index contributed by atoms with van der Waals surface area (Å²) in [5.74, 6) is -3.60. The summed E-state index contributed by atoms with van der Waals surface area (Å²) < 4.78 is 9.68. The molecule has 24 heavy (non-hydrogen) atoms. The highest BCUT2D eigenvalue weighted by molar-refractivity contribution is 6.01. The van der Waals surface area contributed by atoms with E-state index in [1.165, 1.54) is 6.92 Å². The van der Waals surface area contributed by atoms with Crippen molar-refractivity contribution in [1.29, 1.82) is 0 Å². The molecule has 0 bridgehead atoms. The van der Waals surface area contributed by atoms with Crippen LogP contribution in [0.25, 0.3) is 0 Å². The van der Waals surface area contributed by atoms with E-state index < -0.39 is 35.8 Å².